The molecule has 3 aromatic heterocycles. The van der Waals surface area contributed by atoms with E-state index in [-0.39, 0.29) is 10.9 Å². The zero-order chi connectivity index (χ0) is 20.0. The fourth-order valence-corrected chi connectivity index (χ4v) is 3.80. The third kappa shape index (κ3) is 2.79. The molecule has 0 saturated carbocycles. The second kappa shape index (κ2) is 6.83. The lowest BCUT2D eigenvalue weighted by Gasteiger charge is -2.17. The van der Waals surface area contributed by atoms with E-state index in [1.54, 1.807) is 37.3 Å². The predicted octanol–water partition coefficient (Wildman–Crippen LogP) is 4.50. The average molecular weight is 400 g/mol. The molecule has 0 spiro atoms. The lowest BCUT2D eigenvalue weighted by Crippen LogP contribution is -2.02. The molecule has 0 aliphatic carbocycles. The molecule has 0 aliphatic rings. The molecule has 3 N–H and O–H groups in total. The van der Waals surface area contributed by atoms with Crippen molar-refractivity contribution in [1.29, 1.82) is 0 Å². The zero-order valence-electron chi connectivity index (χ0n) is 15.6. The number of nitrogens with zero attached hydrogens (tertiary/aromatic N) is 3. The molecule has 0 amide bonds. The van der Waals surface area contributed by atoms with Crippen LogP contribution in [0.25, 0.3) is 22.2 Å². The van der Waals surface area contributed by atoms with Gasteiger partial charge in [-0.3, -0.25) is 4.68 Å². The summed E-state index contributed by atoms with van der Waals surface area (Å²) < 4.78 is 21.1. The van der Waals surface area contributed by atoms with E-state index in [4.69, 9.17) is 22.1 Å². The Balaban J connectivity index is 1.87. The molecule has 3 heterocycles. The number of hydrogen-bond acceptors (Lipinski definition) is 4. The number of benzene rings is 1. The number of hydrogen-bond donors (Lipinski definition) is 2. The van der Waals surface area contributed by atoms with E-state index in [1.807, 2.05) is 19.2 Å². The Bertz CT molecular complexity index is 1180. The molecule has 0 aliphatic heterocycles. The van der Waals surface area contributed by atoms with Crippen molar-refractivity contribution < 1.29 is 9.13 Å². The first kappa shape index (κ1) is 18.3. The number of aryl methyl sites for hydroxylation is 1. The maximum absolute atomic E-state index is 14.1. The molecule has 8 heteroatoms. The predicted molar refractivity (Wildman–Crippen MR) is 108 cm³/mol. The van der Waals surface area contributed by atoms with Crippen molar-refractivity contribution in [1.82, 2.24) is 19.7 Å². The van der Waals surface area contributed by atoms with E-state index in [0.717, 1.165) is 27.7 Å². The van der Waals surface area contributed by atoms with Crippen LogP contribution in [-0.4, -0.2) is 26.9 Å². The highest BCUT2D eigenvalue weighted by molar-refractivity contribution is 6.31. The fraction of sp³-hybridized carbons (Fsp3) is 0.200. The van der Waals surface area contributed by atoms with Crippen molar-refractivity contribution in [3.05, 3.63) is 58.8 Å². The topological polar surface area (TPSA) is 81.8 Å². The summed E-state index contributed by atoms with van der Waals surface area (Å²) >= 11 is 6.28. The summed E-state index contributed by atoms with van der Waals surface area (Å²) in [5.74, 6) is 0.385. The highest BCUT2D eigenvalue weighted by Crippen LogP contribution is 2.41. The van der Waals surface area contributed by atoms with Gasteiger partial charge in [0.05, 0.1) is 18.3 Å². The smallest absolute Gasteiger partial charge is 0.142 e. The number of methoxy groups -OCH3 is 1. The number of nitrogen functional groups attached to an aromatic ring is 1. The number of fused-ring (bicyclic) bond motifs is 1. The first-order valence-corrected chi connectivity index (χ1v) is 9.07. The van der Waals surface area contributed by atoms with Gasteiger partial charge in [0.1, 0.15) is 23.0 Å². The van der Waals surface area contributed by atoms with Gasteiger partial charge in [0.25, 0.3) is 0 Å². The monoisotopic (exact) mass is 399 g/mol. The largest absolute Gasteiger partial charge is 0.496 e. The van der Waals surface area contributed by atoms with Crippen LogP contribution in [0.2, 0.25) is 5.02 Å². The summed E-state index contributed by atoms with van der Waals surface area (Å²) in [6.45, 7) is 1.96. The van der Waals surface area contributed by atoms with Gasteiger partial charge in [-0.1, -0.05) is 18.5 Å². The Morgan fingerprint density at radius 1 is 1.32 bits per heavy atom. The van der Waals surface area contributed by atoms with Crippen LogP contribution in [0.1, 0.15) is 24.0 Å². The number of rotatable bonds is 4. The van der Waals surface area contributed by atoms with Gasteiger partial charge in [0, 0.05) is 47.4 Å². The normalized spacial score (nSPS) is 12.5. The van der Waals surface area contributed by atoms with Crippen LogP contribution in [0.4, 0.5) is 10.2 Å². The van der Waals surface area contributed by atoms with E-state index in [9.17, 15) is 4.39 Å². The van der Waals surface area contributed by atoms with E-state index >= 15 is 0 Å². The summed E-state index contributed by atoms with van der Waals surface area (Å²) in [5, 5.41) is 5.15. The highest BCUT2D eigenvalue weighted by Gasteiger charge is 2.23. The van der Waals surface area contributed by atoms with E-state index in [1.165, 1.54) is 6.07 Å². The van der Waals surface area contributed by atoms with Crippen molar-refractivity contribution in [3.63, 3.8) is 0 Å². The molecule has 4 aromatic rings. The number of H-pyrrole nitrogens is 1. The van der Waals surface area contributed by atoms with E-state index in [2.05, 4.69) is 15.1 Å². The number of pyridine rings is 1. The Hall–Kier alpha value is -3.06. The molecular weight excluding hydrogens is 381 g/mol. The Morgan fingerprint density at radius 2 is 2.11 bits per heavy atom. The van der Waals surface area contributed by atoms with Crippen LogP contribution in [0.3, 0.4) is 0 Å². The van der Waals surface area contributed by atoms with Crippen LogP contribution in [-0.2, 0) is 7.05 Å². The molecule has 28 heavy (non-hydrogen) atoms. The SMILES string of the molecule is COc1ccc(F)c(Cl)c1[C@@H](C)c1c[nH]c2ncc(-c3cnn(C)c3N)cc12. The fourth-order valence-electron chi connectivity index (χ4n) is 3.48. The molecular formula is C20H19ClFN5O. The van der Waals surface area contributed by atoms with Gasteiger partial charge >= 0.3 is 0 Å². The van der Waals surface area contributed by atoms with Gasteiger partial charge in [-0.2, -0.15) is 5.10 Å². The number of anilines is 1. The van der Waals surface area contributed by atoms with Crippen molar-refractivity contribution in [2.45, 2.75) is 12.8 Å². The molecule has 0 unspecified atom stereocenters. The molecule has 0 bridgehead atoms. The number of halogens is 2. The van der Waals surface area contributed by atoms with E-state index in [0.29, 0.717) is 17.1 Å². The second-order valence-electron chi connectivity index (χ2n) is 6.63. The summed E-state index contributed by atoms with van der Waals surface area (Å²) in [4.78, 5) is 7.67. The Morgan fingerprint density at radius 3 is 2.79 bits per heavy atom. The molecule has 1 aromatic carbocycles. The maximum atomic E-state index is 14.1. The molecule has 0 radical (unpaired) electrons. The molecule has 1 atom stereocenters. The summed E-state index contributed by atoms with van der Waals surface area (Å²) in [6, 6.07) is 4.89. The molecule has 4 rings (SSSR count). The first-order chi connectivity index (χ1) is 13.4. The number of aromatic amines is 1. The van der Waals surface area contributed by atoms with Crippen molar-refractivity contribution >= 4 is 28.5 Å². The molecule has 0 fully saturated rings. The summed E-state index contributed by atoms with van der Waals surface area (Å²) in [5.41, 5.74) is 10.0. The molecule has 144 valence electrons. The summed E-state index contributed by atoms with van der Waals surface area (Å²) in [7, 11) is 3.33. The molecule has 6 nitrogen and oxygen atoms in total. The quantitative estimate of drug-likeness (QED) is 0.529. The van der Waals surface area contributed by atoms with Gasteiger partial charge in [0.2, 0.25) is 0 Å². The second-order valence-corrected chi connectivity index (χ2v) is 7.01. The minimum atomic E-state index is -0.480. The van der Waals surface area contributed by atoms with Crippen LogP contribution < -0.4 is 10.5 Å². The molecule has 0 saturated heterocycles. The number of ether oxygens (including phenoxy) is 1. The van der Waals surface area contributed by atoms with Gasteiger partial charge < -0.3 is 15.5 Å². The number of aromatic nitrogens is 4. The Kier molecular flexibility index (Phi) is 4.47. The van der Waals surface area contributed by atoms with Gasteiger partial charge in [0.15, 0.2) is 0 Å². The van der Waals surface area contributed by atoms with Crippen LogP contribution in [0, 0.1) is 5.82 Å². The van der Waals surface area contributed by atoms with Crippen LogP contribution in [0.15, 0.2) is 36.8 Å². The number of nitrogens with one attached hydrogen (secondary N) is 1. The third-order valence-corrected chi connectivity index (χ3v) is 5.45. The lowest BCUT2D eigenvalue weighted by atomic mass is 9.91. The first-order valence-electron chi connectivity index (χ1n) is 8.69. The van der Waals surface area contributed by atoms with Gasteiger partial charge in [-0.05, 0) is 23.8 Å². The Labute approximate surface area is 166 Å². The lowest BCUT2D eigenvalue weighted by molar-refractivity contribution is 0.407. The van der Waals surface area contributed by atoms with Crippen molar-refractivity contribution in [2.75, 3.05) is 12.8 Å². The van der Waals surface area contributed by atoms with Crippen molar-refractivity contribution in [3.8, 4) is 16.9 Å². The highest BCUT2D eigenvalue weighted by atomic mass is 35.5. The van der Waals surface area contributed by atoms with Crippen LogP contribution in [0.5, 0.6) is 5.75 Å². The van der Waals surface area contributed by atoms with Crippen molar-refractivity contribution in [2.24, 2.45) is 7.05 Å². The van der Waals surface area contributed by atoms with Crippen LogP contribution >= 0.6 is 11.6 Å². The third-order valence-electron chi connectivity index (χ3n) is 5.07. The maximum Gasteiger partial charge on any atom is 0.142 e. The number of nitrogens with two attached hydrogens (primary N) is 1. The standard InChI is InChI=1S/C20H19ClFN5O/c1-10(17-16(28-3)5-4-15(22)18(17)21)13-8-25-20-12(13)6-11(7-24-20)14-9-26-27(2)19(14)23/h4-10H,23H2,1-3H3,(H,24,25)/t10-/m0/s1. The van der Waals surface area contributed by atoms with Gasteiger partial charge in [-0.25, -0.2) is 9.37 Å². The minimum absolute atomic E-state index is 0.0572. The average Bonchev–Trinajstić information content (AvgIpc) is 3.26. The van der Waals surface area contributed by atoms with E-state index < -0.39 is 5.82 Å². The van der Waals surface area contributed by atoms with Gasteiger partial charge in [-0.15, -0.1) is 0 Å². The summed E-state index contributed by atoms with van der Waals surface area (Å²) in [6.07, 6.45) is 5.32. The zero-order valence-corrected chi connectivity index (χ0v) is 16.4. The minimum Gasteiger partial charge on any atom is -0.496 e.